The molecule has 0 radical (unpaired) electrons. The predicted octanol–water partition coefficient (Wildman–Crippen LogP) is 3.25. The molecule has 1 aromatic heterocycles. The number of nitrogens with one attached hydrogen (secondary N) is 1. The van der Waals surface area contributed by atoms with Gasteiger partial charge in [0.05, 0.1) is 5.56 Å². The number of benzene rings is 1. The van der Waals surface area contributed by atoms with Crippen LogP contribution in [-0.4, -0.2) is 35.2 Å². The SMILES string of the molecule is CN(C)C(=O)Nc1ccc(Sc2cc(C#N)c(Cl)nn2)cc1. The molecular formula is C14H12ClN5OS. The van der Waals surface area contributed by atoms with Crippen LogP contribution in [0.1, 0.15) is 5.56 Å². The highest BCUT2D eigenvalue weighted by atomic mass is 35.5. The third kappa shape index (κ3) is 4.10. The molecule has 22 heavy (non-hydrogen) atoms. The molecular weight excluding hydrogens is 322 g/mol. The van der Waals surface area contributed by atoms with E-state index >= 15 is 0 Å². The number of hydrogen-bond acceptors (Lipinski definition) is 5. The number of anilines is 1. The first-order valence-corrected chi connectivity index (χ1v) is 7.38. The lowest BCUT2D eigenvalue weighted by Gasteiger charge is -2.12. The summed E-state index contributed by atoms with van der Waals surface area (Å²) in [6, 6.07) is 10.6. The van der Waals surface area contributed by atoms with Crippen LogP contribution < -0.4 is 5.32 Å². The number of rotatable bonds is 3. The first kappa shape index (κ1) is 16.1. The average molecular weight is 334 g/mol. The summed E-state index contributed by atoms with van der Waals surface area (Å²) in [5.41, 5.74) is 0.983. The maximum Gasteiger partial charge on any atom is 0.321 e. The minimum absolute atomic E-state index is 0.0913. The van der Waals surface area contributed by atoms with E-state index in [1.54, 1.807) is 32.3 Å². The van der Waals surface area contributed by atoms with Crippen LogP contribution in [0.3, 0.4) is 0 Å². The van der Waals surface area contributed by atoms with E-state index in [0.717, 1.165) is 4.90 Å². The molecule has 0 aliphatic rings. The minimum Gasteiger partial charge on any atom is -0.331 e. The molecule has 0 saturated heterocycles. The van der Waals surface area contributed by atoms with Gasteiger partial charge in [-0.05, 0) is 30.3 Å². The highest BCUT2D eigenvalue weighted by Crippen LogP contribution is 2.28. The van der Waals surface area contributed by atoms with Gasteiger partial charge >= 0.3 is 6.03 Å². The fraction of sp³-hybridized carbons (Fsp3) is 0.143. The Labute approximate surface area is 137 Å². The van der Waals surface area contributed by atoms with E-state index in [0.29, 0.717) is 10.7 Å². The van der Waals surface area contributed by atoms with Gasteiger partial charge in [-0.25, -0.2) is 4.79 Å². The molecule has 2 aromatic rings. The van der Waals surface area contributed by atoms with Gasteiger partial charge in [-0.1, -0.05) is 23.4 Å². The molecule has 0 atom stereocenters. The molecule has 6 nitrogen and oxygen atoms in total. The normalized spacial score (nSPS) is 9.91. The summed E-state index contributed by atoms with van der Waals surface area (Å²) in [5.74, 6) is 0. The topological polar surface area (TPSA) is 81.9 Å². The number of nitriles is 1. The van der Waals surface area contributed by atoms with Crippen LogP contribution in [0.5, 0.6) is 0 Å². The predicted molar refractivity (Wildman–Crippen MR) is 85.0 cm³/mol. The van der Waals surface area contributed by atoms with Gasteiger partial charge in [0, 0.05) is 24.7 Å². The number of nitrogens with zero attached hydrogens (tertiary/aromatic N) is 4. The van der Waals surface area contributed by atoms with Crippen molar-refractivity contribution in [3.05, 3.63) is 41.0 Å². The Morgan fingerprint density at radius 2 is 2.00 bits per heavy atom. The molecule has 1 N–H and O–H groups in total. The second-order valence-electron chi connectivity index (χ2n) is 4.45. The lowest BCUT2D eigenvalue weighted by molar-refractivity contribution is 0.230. The van der Waals surface area contributed by atoms with E-state index in [1.807, 2.05) is 18.2 Å². The summed E-state index contributed by atoms with van der Waals surface area (Å²) < 4.78 is 0. The monoisotopic (exact) mass is 333 g/mol. The number of urea groups is 1. The van der Waals surface area contributed by atoms with Crippen molar-refractivity contribution in [3.8, 4) is 6.07 Å². The van der Waals surface area contributed by atoms with Crippen molar-refractivity contribution in [3.63, 3.8) is 0 Å². The minimum atomic E-state index is -0.192. The largest absolute Gasteiger partial charge is 0.331 e. The molecule has 0 fully saturated rings. The molecule has 2 amide bonds. The molecule has 0 bridgehead atoms. The van der Waals surface area contributed by atoms with Gasteiger partial charge in [0.2, 0.25) is 0 Å². The van der Waals surface area contributed by atoms with Crippen molar-refractivity contribution in [1.29, 1.82) is 5.26 Å². The Bertz CT molecular complexity index is 727. The summed E-state index contributed by atoms with van der Waals surface area (Å²) in [6.07, 6.45) is 0. The second kappa shape index (κ2) is 7.11. The van der Waals surface area contributed by atoms with E-state index in [2.05, 4.69) is 15.5 Å². The molecule has 1 aromatic carbocycles. The van der Waals surface area contributed by atoms with Gasteiger partial charge < -0.3 is 10.2 Å². The lowest BCUT2D eigenvalue weighted by Crippen LogP contribution is -2.27. The summed E-state index contributed by atoms with van der Waals surface area (Å²) >= 11 is 7.10. The van der Waals surface area contributed by atoms with Gasteiger partial charge in [-0.3, -0.25) is 0 Å². The van der Waals surface area contributed by atoms with Gasteiger partial charge in [0.25, 0.3) is 0 Å². The number of hydrogen-bond donors (Lipinski definition) is 1. The number of amides is 2. The van der Waals surface area contributed by atoms with E-state index in [9.17, 15) is 4.79 Å². The van der Waals surface area contributed by atoms with Gasteiger partial charge in [-0.2, -0.15) is 5.26 Å². The zero-order valence-corrected chi connectivity index (χ0v) is 13.4. The zero-order valence-electron chi connectivity index (χ0n) is 11.9. The van der Waals surface area contributed by atoms with Crippen LogP contribution in [0.4, 0.5) is 10.5 Å². The Kier molecular flexibility index (Phi) is 5.20. The molecule has 2 rings (SSSR count). The number of aromatic nitrogens is 2. The van der Waals surface area contributed by atoms with Crippen molar-refractivity contribution in [1.82, 2.24) is 15.1 Å². The smallest absolute Gasteiger partial charge is 0.321 e. The van der Waals surface area contributed by atoms with Crippen LogP contribution >= 0.6 is 23.4 Å². The molecule has 0 unspecified atom stereocenters. The first-order chi connectivity index (χ1) is 10.5. The van der Waals surface area contributed by atoms with E-state index < -0.39 is 0 Å². The fourth-order valence-corrected chi connectivity index (χ4v) is 2.36. The van der Waals surface area contributed by atoms with Crippen LogP contribution in [0.15, 0.2) is 40.3 Å². The van der Waals surface area contributed by atoms with Crippen LogP contribution in [0.2, 0.25) is 5.15 Å². The number of carbonyl (C=O) groups is 1. The number of carbonyl (C=O) groups excluding carboxylic acids is 1. The van der Waals surface area contributed by atoms with Crippen molar-refractivity contribution >= 4 is 35.1 Å². The quantitative estimate of drug-likeness (QED) is 0.932. The average Bonchev–Trinajstić information content (AvgIpc) is 2.51. The Hall–Kier alpha value is -2.30. The standard InChI is InChI=1S/C14H12ClN5OS/c1-20(2)14(21)17-10-3-5-11(6-4-10)22-12-7-9(8-16)13(15)19-18-12/h3-7H,1-2H3,(H,17,21). The highest BCUT2D eigenvalue weighted by Gasteiger charge is 2.07. The van der Waals surface area contributed by atoms with Crippen molar-refractivity contribution in [2.45, 2.75) is 9.92 Å². The number of halogens is 1. The van der Waals surface area contributed by atoms with Crippen molar-refractivity contribution in [2.75, 3.05) is 19.4 Å². The summed E-state index contributed by atoms with van der Waals surface area (Å²) in [4.78, 5) is 13.9. The molecule has 8 heteroatoms. The summed E-state index contributed by atoms with van der Waals surface area (Å²) in [7, 11) is 3.34. The van der Waals surface area contributed by atoms with Gasteiger partial charge in [0.15, 0.2) is 5.15 Å². The van der Waals surface area contributed by atoms with E-state index in [-0.39, 0.29) is 16.7 Å². The third-order valence-corrected chi connectivity index (χ3v) is 3.78. The molecule has 112 valence electrons. The third-order valence-electron chi connectivity index (χ3n) is 2.58. The van der Waals surface area contributed by atoms with Crippen LogP contribution in [-0.2, 0) is 0 Å². The van der Waals surface area contributed by atoms with Gasteiger partial charge in [-0.15, -0.1) is 10.2 Å². The second-order valence-corrected chi connectivity index (χ2v) is 5.90. The Morgan fingerprint density at radius 1 is 1.32 bits per heavy atom. The van der Waals surface area contributed by atoms with Crippen molar-refractivity contribution < 1.29 is 4.79 Å². The van der Waals surface area contributed by atoms with Crippen LogP contribution in [0, 0.1) is 11.3 Å². The van der Waals surface area contributed by atoms with Crippen LogP contribution in [0.25, 0.3) is 0 Å². The highest BCUT2D eigenvalue weighted by molar-refractivity contribution is 7.99. The molecule has 0 aliphatic heterocycles. The lowest BCUT2D eigenvalue weighted by atomic mass is 10.3. The molecule has 0 aliphatic carbocycles. The van der Waals surface area contributed by atoms with E-state index in [1.165, 1.54) is 16.7 Å². The summed E-state index contributed by atoms with van der Waals surface area (Å²) in [6.45, 7) is 0. The maximum atomic E-state index is 11.5. The van der Waals surface area contributed by atoms with E-state index in [4.69, 9.17) is 16.9 Å². The zero-order chi connectivity index (χ0) is 16.1. The Morgan fingerprint density at radius 3 is 2.59 bits per heavy atom. The first-order valence-electron chi connectivity index (χ1n) is 6.19. The fourth-order valence-electron chi connectivity index (χ4n) is 1.45. The van der Waals surface area contributed by atoms with Crippen molar-refractivity contribution in [2.24, 2.45) is 0 Å². The maximum absolute atomic E-state index is 11.5. The molecule has 0 spiro atoms. The van der Waals surface area contributed by atoms with Gasteiger partial charge in [0.1, 0.15) is 11.1 Å². The summed E-state index contributed by atoms with van der Waals surface area (Å²) in [5, 5.41) is 20.0. The molecule has 1 heterocycles. The Balaban J connectivity index is 2.08. The molecule has 0 saturated carbocycles.